The number of hydrogen-bond donors (Lipinski definition) is 2. The van der Waals surface area contributed by atoms with E-state index in [1.807, 2.05) is 4.90 Å². The fourth-order valence-corrected chi connectivity index (χ4v) is 4.88. The van der Waals surface area contributed by atoms with Crippen molar-refractivity contribution in [2.24, 2.45) is 5.92 Å². The van der Waals surface area contributed by atoms with Gasteiger partial charge in [0.25, 0.3) is 5.91 Å². The second-order valence-electron chi connectivity index (χ2n) is 8.55. The number of nitrogens with zero attached hydrogens (tertiary/aromatic N) is 3. The molecule has 1 aliphatic carbocycles. The number of fused-ring (bicyclic) bond motifs is 2. The van der Waals surface area contributed by atoms with Crippen LogP contribution in [-0.4, -0.2) is 51.4 Å². The van der Waals surface area contributed by atoms with Crippen LogP contribution >= 0.6 is 0 Å². The van der Waals surface area contributed by atoms with E-state index in [0.29, 0.717) is 17.9 Å². The molecule has 0 unspecified atom stereocenters. The van der Waals surface area contributed by atoms with Crippen LogP contribution in [0.1, 0.15) is 54.2 Å². The summed E-state index contributed by atoms with van der Waals surface area (Å²) in [5.41, 5.74) is 1.93. The van der Waals surface area contributed by atoms with Crippen LogP contribution in [0.3, 0.4) is 0 Å². The lowest BCUT2D eigenvalue weighted by molar-refractivity contribution is -0.140. The van der Waals surface area contributed by atoms with Gasteiger partial charge in [0.2, 0.25) is 5.91 Å². The van der Waals surface area contributed by atoms with Crippen LogP contribution in [0, 0.1) is 11.7 Å². The van der Waals surface area contributed by atoms with Gasteiger partial charge < -0.3 is 15.1 Å². The number of benzene rings is 1. The van der Waals surface area contributed by atoms with E-state index in [2.05, 4.69) is 27.3 Å². The van der Waals surface area contributed by atoms with E-state index >= 15 is 0 Å². The Labute approximate surface area is 174 Å². The third-order valence-electron chi connectivity index (χ3n) is 6.88. The summed E-state index contributed by atoms with van der Waals surface area (Å²) in [6, 6.07) is 5.40. The smallest absolute Gasteiger partial charge is 0.256 e. The largest absolute Gasteiger partial charge is 0.327 e. The van der Waals surface area contributed by atoms with Crippen molar-refractivity contribution in [2.45, 2.75) is 44.7 Å². The number of likely N-dealkylation sites (tertiary alicyclic amines) is 1. The predicted octanol–water partition coefficient (Wildman–Crippen LogP) is 2.86. The SMILES string of the molecule is CCN1CCC(C(=O)N2Cc3c(NC(=O)c4ccc(F)cc4)n[nH]c3C23CC3)CC1. The van der Waals surface area contributed by atoms with Crippen LogP contribution in [0.25, 0.3) is 0 Å². The molecule has 3 aliphatic rings. The van der Waals surface area contributed by atoms with Gasteiger partial charge in [-0.15, -0.1) is 0 Å². The normalized spacial score (nSPS) is 20.4. The number of carbonyl (C=O) groups excluding carboxylic acids is 2. The number of nitrogens with one attached hydrogen (secondary N) is 2. The molecule has 2 fully saturated rings. The third kappa shape index (κ3) is 3.10. The van der Waals surface area contributed by atoms with Gasteiger partial charge >= 0.3 is 0 Å². The minimum absolute atomic E-state index is 0.0690. The molecular weight excluding hydrogens is 385 g/mol. The molecule has 3 heterocycles. The van der Waals surface area contributed by atoms with Gasteiger partial charge in [0, 0.05) is 17.0 Å². The number of anilines is 1. The van der Waals surface area contributed by atoms with Crippen LogP contribution in [-0.2, 0) is 16.9 Å². The molecule has 2 aromatic rings. The van der Waals surface area contributed by atoms with Crippen molar-refractivity contribution in [1.82, 2.24) is 20.0 Å². The standard InChI is InChI=1S/C22H26FN5O2/c1-2-27-11-7-15(8-12-27)21(30)28-13-17-18(22(28)9-10-22)25-26-19(17)24-20(29)14-3-5-16(23)6-4-14/h3-6,15H,2,7-13H2,1H3,(H2,24,25,26,29). The second kappa shape index (κ2) is 7.19. The molecule has 1 aromatic carbocycles. The lowest BCUT2D eigenvalue weighted by Crippen LogP contribution is -2.44. The molecule has 1 saturated carbocycles. The summed E-state index contributed by atoms with van der Waals surface area (Å²) in [6.07, 6.45) is 3.65. The maximum absolute atomic E-state index is 13.4. The van der Waals surface area contributed by atoms with Gasteiger partial charge in [0.1, 0.15) is 5.82 Å². The molecule has 2 amide bonds. The third-order valence-corrected chi connectivity index (χ3v) is 6.88. The summed E-state index contributed by atoms with van der Waals surface area (Å²) < 4.78 is 13.1. The molecule has 158 valence electrons. The monoisotopic (exact) mass is 411 g/mol. The fraction of sp³-hybridized carbons (Fsp3) is 0.500. The average Bonchev–Trinajstić information content (AvgIpc) is 3.37. The number of H-pyrrole nitrogens is 1. The molecule has 1 aromatic heterocycles. The van der Waals surface area contributed by atoms with Gasteiger partial charge in [-0.2, -0.15) is 5.10 Å². The maximum Gasteiger partial charge on any atom is 0.256 e. The van der Waals surface area contributed by atoms with Crippen molar-refractivity contribution in [3.63, 3.8) is 0 Å². The van der Waals surface area contributed by atoms with E-state index in [9.17, 15) is 14.0 Å². The van der Waals surface area contributed by atoms with E-state index in [0.717, 1.165) is 56.6 Å². The number of halogens is 1. The van der Waals surface area contributed by atoms with E-state index in [1.54, 1.807) is 0 Å². The Morgan fingerprint density at radius 3 is 2.57 bits per heavy atom. The van der Waals surface area contributed by atoms with Crippen LogP contribution in [0.2, 0.25) is 0 Å². The van der Waals surface area contributed by atoms with Crippen LogP contribution in [0.15, 0.2) is 24.3 Å². The molecule has 2 aliphatic heterocycles. The average molecular weight is 411 g/mol. The second-order valence-corrected chi connectivity index (χ2v) is 8.55. The van der Waals surface area contributed by atoms with E-state index in [1.165, 1.54) is 24.3 Å². The number of carbonyl (C=O) groups is 2. The Hall–Kier alpha value is -2.74. The zero-order valence-corrected chi connectivity index (χ0v) is 17.1. The summed E-state index contributed by atoms with van der Waals surface area (Å²) in [7, 11) is 0. The summed E-state index contributed by atoms with van der Waals surface area (Å²) in [5.74, 6) is 0.0255. The highest BCUT2D eigenvalue weighted by atomic mass is 19.1. The number of rotatable bonds is 4. The Kier molecular flexibility index (Phi) is 4.61. The number of piperidine rings is 1. The molecular formula is C22H26FN5O2. The lowest BCUT2D eigenvalue weighted by atomic mass is 9.94. The summed E-state index contributed by atoms with van der Waals surface area (Å²) in [4.78, 5) is 30.3. The molecule has 5 rings (SSSR count). The van der Waals surface area contributed by atoms with Crippen molar-refractivity contribution in [3.8, 4) is 0 Å². The van der Waals surface area contributed by atoms with Crippen LogP contribution < -0.4 is 5.32 Å². The van der Waals surface area contributed by atoms with Crippen molar-refractivity contribution in [2.75, 3.05) is 25.0 Å². The molecule has 0 atom stereocenters. The predicted molar refractivity (Wildman–Crippen MR) is 109 cm³/mol. The molecule has 1 spiro atoms. The quantitative estimate of drug-likeness (QED) is 0.811. The van der Waals surface area contributed by atoms with E-state index < -0.39 is 0 Å². The van der Waals surface area contributed by atoms with Crippen molar-refractivity contribution in [1.29, 1.82) is 0 Å². The van der Waals surface area contributed by atoms with Crippen LogP contribution in [0.4, 0.5) is 10.2 Å². The first kappa shape index (κ1) is 19.2. The van der Waals surface area contributed by atoms with Gasteiger partial charge in [-0.25, -0.2) is 4.39 Å². The number of aromatic nitrogens is 2. The number of aromatic amines is 1. The van der Waals surface area contributed by atoms with E-state index in [-0.39, 0.29) is 29.1 Å². The first-order valence-electron chi connectivity index (χ1n) is 10.7. The molecule has 0 radical (unpaired) electrons. The van der Waals surface area contributed by atoms with Crippen LogP contribution in [0.5, 0.6) is 0 Å². The highest BCUT2D eigenvalue weighted by molar-refractivity contribution is 6.04. The Morgan fingerprint density at radius 1 is 1.23 bits per heavy atom. The van der Waals surface area contributed by atoms with Gasteiger partial charge in [0.05, 0.1) is 17.8 Å². The van der Waals surface area contributed by atoms with Gasteiger partial charge in [0.15, 0.2) is 5.82 Å². The molecule has 0 bridgehead atoms. The minimum Gasteiger partial charge on any atom is -0.327 e. The first-order chi connectivity index (χ1) is 14.5. The molecule has 8 heteroatoms. The maximum atomic E-state index is 13.4. The highest BCUT2D eigenvalue weighted by Crippen LogP contribution is 2.57. The summed E-state index contributed by atoms with van der Waals surface area (Å²) in [6.45, 7) is 5.60. The molecule has 1 saturated heterocycles. The molecule has 7 nitrogen and oxygen atoms in total. The van der Waals surface area contributed by atoms with Crippen molar-refractivity contribution >= 4 is 17.6 Å². The Morgan fingerprint density at radius 2 is 1.93 bits per heavy atom. The number of amides is 2. The van der Waals surface area contributed by atoms with Crippen molar-refractivity contribution in [3.05, 3.63) is 46.9 Å². The Balaban J connectivity index is 1.32. The minimum atomic E-state index is -0.387. The topological polar surface area (TPSA) is 81.3 Å². The summed E-state index contributed by atoms with van der Waals surface area (Å²) >= 11 is 0. The van der Waals surface area contributed by atoms with Gasteiger partial charge in [-0.1, -0.05) is 6.92 Å². The van der Waals surface area contributed by atoms with Gasteiger partial charge in [-0.3, -0.25) is 14.7 Å². The van der Waals surface area contributed by atoms with Crippen molar-refractivity contribution < 1.29 is 14.0 Å². The van der Waals surface area contributed by atoms with E-state index in [4.69, 9.17) is 0 Å². The highest BCUT2D eigenvalue weighted by Gasteiger charge is 2.59. The van der Waals surface area contributed by atoms with Gasteiger partial charge in [-0.05, 0) is 69.6 Å². The molecule has 2 N–H and O–H groups in total. The first-order valence-corrected chi connectivity index (χ1v) is 10.7. The lowest BCUT2D eigenvalue weighted by Gasteiger charge is -2.34. The number of hydrogen-bond acceptors (Lipinski definition) is 4. The Bertz CT molecular complexity index is 974. The zero-order chi connectivity index (χ0) is 20.9. The fourth-order valence-electron chi connectivity index (χ4n) is 4.88. The summed E-state index contributed by atoms with van der Waals surface area (Å²) in [5, 5.41) is 10.2. The zero-order valence-electron chi connectivity index (χ0n) is 17.1. The molecule has 30 heavy (non-hydrogen) atoms.